The van der Waals surface area contributed by atoms with Crippen LogP contribution in [0.15, 0.2) is 48.5 Å². The number of likely N-dealkylation sites (N-methyl/N-ethyl adjacent to an activating group) is 1. The fourth-order valence-corrected chi connectivity index (χ4v) is 2.41. The molecule has 2 aromatic carbocycles. The number of hydrogen-bond acceptors (Lipinski definition) is 4. The Hall–Kier alpha value is -2.50. The van der Waals surface area contributed by atoms with Crippen LogP contribution in [0.1, 0.15) is 11.1 Å². The number of ether oxygens (including phenoxy) is 2. The quantitative estimate of drug-likeness (QED) is 0.666. The fraction of sp³-hybridized carbons (Fsp3) is 0.286. The summed E-state index contributed by atoms with van der Waals surface area (Å²) in [4.78, 5) is 13.8. The summed E-state index contributed by atoms with van der Waals surface area (Å²) in [6.07, 6.45) is 3.26. The number of hydrogen-bond donors (Lipinski definition) is 1. The van der Waals surface area contributed by atoms with Crippen LogP contribution in [0.5, 0.6) is 11.5 Å². The molecule has 5 nitrogen and oxygen atoms in total. The Bertz CT molecular complexity index is 773. The Morgan fingerprint density at radius 3 is 2.56 bits per heavy atom. The van der Waals surface area contributed by atoms with Crippen LogP contribution in [0.4, 0.5) is 0 Å². The number of methoxy groups -OCH3 is 1. The van der Waals surface area contributed by atoms with E-state index in [9.17, 15) is 4.79 Å². The topological polar surface area (TPSA) is 50.8 Å². The monoisotopic (exact) mass is 388 g/mol. The van der Waals surface area contributed by atoms with Crippen molar-refractivity contribution in [2.24, 2.45) is 0 Å². The number of nitrogens with one attached hydrogen (secondary N) is 1. The predicted molar refractivity (Wildman–Crippen MR) is 109 cm³/mol. The van der Waals surface area contributed by atoms with Gasteiger partial charge in [-0.05, 0) is 55.6 Å². The third-order valence-electron chi connectivity index (χ3n) is 3.78. The standard InChI is InChI=1S/C21H25ClN2O3/c1-24(2)13-12-23-21(25)11-7-16-6-10-19(20(14-16)26-3)27-15-17-4-8-18(22)9-5-17/h4-11,14H,12-13,15H2,1-3H3,(H,23,25)/b11-7+. The van der Waals surface area contributed by atoms with Crippen molar-refractivity contribution < 1.29 is 14.3 Å². The summed E-state index contributed by atoms with van der Waals surface area (Å²) in [6.45, 7) is 1.82. The first kappa shape index (κ1) is 20.8. The lowest BCUT2D eigenvalue weighted by Crippen LogP contribution is -2.30. The van der Waals surface area contributed by atoms with E-state index in [1.807, 2.05) is 61.5 Å². The lowest BCUT2D eigenvalue weighted by Gasteiger charge is -2.11. The maximum absolute atomic E-state index is 11.8. The molecule has 0 heterocycles. The van der Waals surface area contributed by atoms with Gasteiger partial charge in [-0.1, -0.05) is 29.8 Å². The number of rotatable bonds is 9. The van der Waals surface area contributed by atoms with E-state index >= 15 is 0 Å². The van der Waals surface area contributed by atoms with Crippen LogP contribution in [-0.4, -0.2) is 45.1 Å². The van der Waals surface area contributed by atoms with E-state index in [0.29, 0.717) is 29.7 Å². The zero-order valence-corrected chi connectivity index (χ0v) is 16.6. The summed E-state index contributed by atoms with van der Waals surface area (Å²) in [5.74, 6) is 1.12. The molecule has 0 fully saturated rings. The van der Waals surface area contributed by atoms with E-state index in [2.05, 4.69) is 5.32 Å². The summed E-state index contributed by atoms with van der Waals surface area (Å²) in [7, 11) is 5.52. The minimum absolute atomic E-state index is 0.126. The Morgan fingerprint density at radius 1 is 1.15 bits per heavy atom. The largest absolute Gasteiger partial charge is 0.493 e. The normalized spacial score (nSPS) is 11.0. The molecule has 0 saturated carbocycles. The van der Waals surface area contributed by atoms with E-state index in [0.717, 1.165) is 17.7 Å². The molecule has 0 saturated heterocycles. The van der Waals surface area contributed by atoms with Gasteiger partial charge in [0.2, 0.25) is 5.91 Å². The molecule has 2 rings (SSSR count). The molecule has 0 aliphatic rings. The summed E-state index contributed by atoms with van der Waals surface area (Å²) in [5.41, 5.74) is 1.87. The van der Waals surface area contributed by atoms with Crippen LogP contribution in [0.3, 0.4) is 0 Å². The van der Waals surface area contributed by atoms with E-state index < -0.39 is 0 Å². The summed E-state index contributed by atoms with van der Waals surface area (Å²) >= 11 is 5.89. The smallest absolute Gasteiger partial charge is 0.244 e. The number of amides is 1. The van der Waals surface area contributed by atoms with Gasteiger partial charge >= 0.3 is 0 Å². The first-order chi connectivity index (χ1) is 13.0. The van der Waals surface area contributed by atoms with Gasteiger partial charge in [-0.25, -0.2) is 0 Å². The number of halogens is 1. The maximum Gasteiger partial charge on any atom is 0.244 e. The molecular formula is C21H25ClN2O3. The Morgan fingerprint density at radius 2 is 1.89 bits per heavy atom. The van der Waals surface area contributed by atoms with Crippen molar-refractivity contribution in [2.45, 2.75) is 6.61 Å². The SMILES string of the molecule is COc1cc(/C=C/C(=O)NCCN(C)C)ccc1OCc1ccc(Cl)cc1. The van der Waals surface area contributed by atoms with Gasteiger partial charge < -0.3 is 19.7 Å². The van der Waals surface area contributed by atoms with Gasteiger partial charge in [-0.2, -0.15) is 0 Å². The van der Waals surface area contributed by atoms with Crippen LogP contribution in [0.25, 0.3) is 6.08 Å². The van der Waals surface area contributed by atoms with Gasteiger partial charge in [-0.15, -0.1) is 0 Å². The molecule has 0 atom stereocenters. The van der Waals surface area contributed by atoms with Crippen molar-refractivity contribution in [2.75, 3.05) is 34.3 Å². The predicted octanol–water partition coefficient (Wildman–Crippen LogP) is 3.62. The number of benzene rings is 2. The minimum Gasteiger partial charge on any atom is -0.493 e. The van der Waals surface area contributed by atoms with Gasteiger partial charge in [0, 0.05) is 24.2 Å². The van der Waals surface area contributed by atoms with Crippen LogP contribution >= 0.6 is 11.6 Å². The first-order valence-corrected chi connectivity index (χ1v) is 9.01. The number of carbonyl (C=O) groups is 1. The average Bonchev–Trinajstić information content (AvgIpc) is 2.66. The van der Waals surface area contributed by atoms with Crippen molar-refractivity contribution in [3.8, 4) is 11.5 Å². The van der Waals surface area contributed by atoms with E-state index in [1.54, 1.807) is 13.2 Å². The second kappa shape index (κ2) is 10.6. The highest BCUT2D eigenvalue weighted by atomic mass is 35.5. The van der Waals surface area contributed by atoms with Gasteiger partial charge in [0.1, 0.15) is 6.61 Å². The lowest BCUT2D eigenvalue weighted by atomic mass is 10.2. The van der Waals surface area contributed by atoms with Crippen LogP contribution in [-0.2, 0) is 11.4 Å². The average molecular weight is 389 g/mol. The second-order valence-corrected chi connectivity index (χ2v) is 6.69. The molecule has 0 radical (unpaired) electrons. The molecule has 0 aromatic heterocycles. The molecular weight excluding hydrogens is 364 g/mol. The van der Waals surface area contributed by atoms with Gasteiger partial charge in [0.25, 0.3) is 0 Å². The Kier molecular flexibility index (Phi) is 8.17. The van der Waals surface area contributed by atoms with Gasteiger partial charge in [-0.3, -0.25) is 4.79 Å². The Balaban J connectivity index is 1.95. The molecule has 1 amide bonds. The van der Waals surface area contributed by atoms with Crippen LogP contribution in [0, 0.1) is 0 Å². The molecule has 0 bridgehead atoms. The molecule has 1 N–H and O–H groups in total. The van der Waals surface area contributed by atoms with Crippen molar-refractivity contribution in [3.05, 3.63) is 64.7 Å². The van der Waals surface area contributed by atoms with Crippen LogP contribution in [0.2, 0.25) is 5.02 Å². The third-order valence-corrected chi connectivity index (χ3v) is 4.03. The van der Waals surface area contributed by atoms with E-state index in [1.165, 1.54) is 6.08 Å². The molecule has 0 spiro atoms. The third kappa shape index (κ3) is 7.33. The first-order valence-electron chi connectivity index (χ1n) is 8.64. The summed E-state index contributed by atoms with van der Waals surface area (Å²) in [5, 5.41) is 3.53. The van der Waals surface area contributed by atoms with E-state index in [4.69, 9.17) is 21.1 Å². The van der Waals surface area contributed by atoms with Gasteiger partial charge in [0.15, 0.2) is 11.5 Å². The highest BCUT2D eigenvalue weighted by Gasteiger charge is 2.06. The lowest BCUT2D eigenvalue weighted by molar-refractivity contribution is -0.116. The maximum atomic E-state index is 11.8. The van der Waals surface area contributed by atoms with Crippen molar-refractivity contribution in [1.82, 2.24) is 10.2 Å². The molecule has 27 heavy (non-hydrogen) atoms. The van der Waals surface area contributed by atoms with Crippen molar-refractivity contribution >= 4 is 23.6 Å². The van der Waals surface area contributed by atoms with Crippen molar-refractivity contribution in [1.29, 1.82) is 0 Å². The highest BCUT2D eigenvalue weighted by molar-refractivity contribution is 6.30. The number of carbonyl (C=O) groups excluding carboxylic acids is 1. The van der Waals surface area contributed by atoms with Crippen molar-refractivity contribution in [3.63, 3.8) is 0 Å². The zero-order valence-electron chi connectivity index (χ0n) is 15.9. The molecule has 0 aliphatic heterocycles. The molecule has 2 aromatic rings. The molecule has 144 valence electrons. The summed E-state index contributed by atoms with van der Waals surface area (Å²) in [6, 6.07) is 13.0. The molecule has 0 aliphatic carbocycles. The Labute approximate surface area is 165 Å². The van der Waals surface area contributed by atoms with Gasteiger partial charge in [0.05, 0.1) is 7.11 Å². The number of nitrogens with zero attached hydrogens (tertiary/aromatic N) is 1. The molecule has 0 unspecified atom stereocenters. The summed E-state index contributed by atoms with van der Waals surface area (Å²) < 4.78 is 11.2. The zero-order chi connectivity index (χ0) is 19.6. The second-order valence-electron chi connectivity index (χ2n) is 6.25. The minimum atomic E-state index is -0.126. The highest BCUT2D eigenvalue weighted by Crippen LogP contribution is 2.29. The van der Waals surface area contributed by atoms with Crippen LogP contribution < -0.4 is 14.8 Å². The fourth-order valence-electron chi connectivity index (χ4n) is 2.28. The molecule has 6 heteroatoms. The van der Waals surface area contributed by atoms with E-state index in [-0.39, 0.29) is 5.91 Å².